The summed E-state index contributed by atoms with van der Waals surface area (Å²) in [7, 11) is 3.02. The molecule has 4 aromatic carbocycles. The van der Waals surface area contributed by atoms with E-state index in [2.05, 4.69) is 5.32 Å². The number of urea groups is 1. The van der Waals surface area contributed by atoms with Crippen LogP contribution in [0.5, 0.6) is 5.75 Å². The van der Waals surface area contributed by atoms with Crippen molar-refractivity contribution in [3.8, 4) is 16.9 Å². The van der Waals surface area contributed by atoms with Crippen molar-refractivity contribution in [3.63, 3.8) is 0 Å². The number of aldehydes is 1. The number of carbonyl (C=O) groups is 5. The molecule has 4 rings (SSSR count). The Morgan fingerprint density at radius 2 is 1.45 bits per heavy atom. The number of methoxy groups -OCH3 is 1. The van der Waals surface area contributed by atoms with Gasteiger partial charge < -0.3 is 35.3 Å². The standard InChI is InChI=1S/C35H34N4O8/c1-38(25-15-7-4-8-16-25)30(41)23-39(28-19-11-9-17-26(28)27-18-10-12-20-29(27)46-2)32(42)31(47-22-21-40)35(33(43)44,37-34(36)45)24-13-5-3-6-14-24/h3-21,31H,22-23H2,1-2H3,(H,43,44)(H3,36,37,45). The van der Waals surface area contributed by atoms with Crippen molar-refractivity contribution in [2.75, 3.05) is 37.1 Å². The number of nitrogens with zero attached hydrogens (tertiary/aromatic N) is 2. The Labute approximate surface area is 271 Å². The quantitative estimate of drug-likeness (QED) is 0.176. The van der Waals surface area contributed by atoms with Crippen LogP contribution < -0.4 is 25.6 Å². The van der Waals surface area contributed by atoms with E-state index in [0.717, 1.165) is 4.90 Å². The van der Waals surface area contributed by atoms with Crippen LogP contribution in [0.2, 0.25) is 0 Å². The van der Waals surface area contributed by atoms with Crippen LogP contribution in [-0.2, 0) is 29.5 Å². The zero-order chi connectivity index (χ0) is 34.0. The highest BCUT2D eigenvalue weighted by Crippen LogP contribution is 2.38. The number of primary amides is 1. The first-order valence-corrected chi connectivity index (χ1v) is 14.4. The van der Waals surface area contributed by atoms with E-state index < -0.39 is 48.6 Å². The second kappa shape index (κ2) is 15.3. The number of aliphatic carboxylic acids is 1. The Bertz CT molecular complexity index is 1730. The number of nitrogens with one attached hydrogen (secondary N) is 1. The molecule has 0 aliphatic carbocycles. The lowest BCUT2D eigenvalue weighted by Gasteiger charge is -2.39. The summed E-state index contributed by atoms with van der Waals surface area (Å²) in [5.41, 5.74) is 4.56. The van der Waals surface area contributed by atoms with Gasteiger partial charge in [-0.2, -0.15) is 0 Å². The van der Waals surface area contributed by atoms with E-state index in [1.807, 2.05) is 0 Å². The first-order valence-electron chi connectivity index (χ1n) is 14.4. The maximum Gasteiger partial charge on any atom is 0.337 e. The number of para-hydroxylation sites is 3. The van der Waals surface area contributed by atoms with Crippen molar-refractivity contribution < 1.29 is 38.6 Å². The van der Waals surface area contributed by atoms with Gasteiger partial charge in [-0.1, -0.05) is 84.9 Å². The van der Waals surface area contributed by atoms with Gasteiger partial charge in [-0.3, -0.25) is 14.5 Å². The first kappa shape index (κ1) is 33.9. The van der Waals surface area contributed by atoms with E-state index in [9.17, 15) is 29.1 Å². The van der Waals surface area contributed by atoms with Gasteiger partial charge in [0.15, 0.2) is 6.10 Å². The largest absolute Gasteiger partial charge is 0.496 e. The van der Waals surface area contributed by atoms with Crippen LogP contribution in [0.4, 0.5) is 16.2 Å². The fourth-order valence-corrected chi connectivity index (χ4v) is 5.25. The molecular weight excluding hydrogens is 604 g/mol. The molecule has 0 aromatic heterocycles. The SMILES string of the molecule is COc1ccccc1-c1ccccc1N(CC(=O)N(C)c1ccccc1)C(=O)C(OCC=O)C(NC(N)=O)(C(=O)O)c1ccccc1. The molecule has 0 aliphatic rings. The number of carboxylic acids is 1. The smallest absolute Gasteiger partial charge is 0.337 e. The fourth-order valence-electron chi connectivity index (χ4n) is 5.25. The molecule has 4 amide bonds. The monoisotopic (exact) mass is 638 g/mol. The summed E-state index contributed by atoms with van der Waals surface area (Å²) in [6.07, 6.45) is -1.76. The molecule has 47 heavy (non-hydrogen) atoms. The summed E-state index contributed by atoms with van der Waals surface area (Å²) in [6, 6.07) is 28.5. The van der Waals surface area contributed by atoms with Gasteiger partial charge in [-0.15, -0.1) is 0 Å². The lowest BCUT2D eigenvalue weighted by atomic mass is 9.83. The highest BCUT2D eigenvalue weighted by atomic mass is 16.5. The number of carboxylic acid groups (broad SMARTS) is 1. The Hall–Kier alpha value is -6.01. The average molecular weight is 639 g/mol. The van der Waals surface area contributed by atoms with Crippen molar-refractivity contribution in [3.05, 3.63) is 115 Å². The van der Waals surface area contributed by atoms with Crippen LogP contribution >= 0.6 is 0 Å². The van der Waals surface area contributed by atoms with Gasteiger partial charge in [-0.05, 0) is 29.8 Å². The van der Waals surface area contributed by atoms with Gasteiger partial charge in [0.05, 0.1) is 12.8 Å². The molecule has 2 atom stereocenters. The third-order valence-electron chi connectivity index (χ3n) is 7.50. The number of amides is 4. The summed E-state index contributed by atoms with van der Waals surface area (Å²) in [6.45, 7) is -1.32. The number of likely N-dealkylation sites (N-methyl/N-ethyl adjacent to an activating group) is 1. The van der Waals surface area contributed by atoms with Gasteiger partial charge in [0.1, 0.15) is 25.2 Å². The molecule has 4 N–H and O–H groups in total. The lowest BCUT2D eigenvalue weighted by molar-refractivity contribution is -0.159. The number of benzene rings is 4. The predicted octanol–water partition coefficient (Wildman–Crippen LogP) is 3.59. The topological polar surface area (TPSA) is 169 Å². The number of anilines is 2. The van der Waals surface area contributed by atoms with E-state index >= 15 is 0 Å². The van der Waals surface area contributed by atoms with Crippen LogP contribution in [-0.4, -0.2) is 68.6 Å². The van der Waals surface area contributed by atoms with E-state index in [-0.39, 0.29) is 11.3 Å². The van der Waals surface area contributed by atoms with Crippen molar-refractivity contribution in [1.82, 2.24) is 5.32 Å². The van der Waals surface area contributed by atoms with Crippen molar-refractivity contribution in [2.24, 2.45) is 5.73 Å². The van der Waals surface area contributed by atoms with Crippen molar-refractivity contribution >= 4 is 41.5 Å². The molecule has 0 radical (unpaired) electrons. The third kappa shape index (κ3) is 7.29. The summed E-state index contributed by atoms with van der Waals surface area (Å²) < 4.78 is 11.3. The molecule has 0 saturated heterocycles. The number of nitrogens with two attached hydrogens (primary N) is 1. The molecule has 4 aromatic rings. The zero-order valence-corrected chi connectivity index (χ0v) is 25.7. The molecular formula is C35H34N4O8. The number of rotatable bonds is 14. The van der Waals surface area contributed by atoms with Crippen LogP contribution in [0.15, 0.2) is 109 Å². The Morgan fingerprint density at radius 1 is 0.872 bits per heavy atom. The minimum absolute atomic E-state index is 0.0683. The molecule has 12 nitrogen and oxygen atoms in total. The molecule has 0 heterocycles. The number of hydrogen-bond acceptors (Lipinski definition) is 7. The summed E-state index contributed by atoms with van der Waals surface area (Å²) in [4.78, 5) is 68.4. The molecule has 0 bridgehead atoms. The molecule has 2 unspecified atom stereocenters. The Kier molecular flexibility index (Phi) is 11.0. The van der Waals surface area contributed by atoms with E-state index in [1.54, 1.807) is 84.9 Å². The highest BCUT2D eigenvalue weighted by Gasteiger charge is 2.55. The van der Waals surface area contributed by atoms with Crippen molar-refractivity contribution in [2.45, 2.75) is 11.6 Å². The van der Waals surface area contributed by atoms with Gasteiger partial charge in [-0.25, -0.2) is 9.59 Å². The molecule has 0 saturated carbocycles. The lowest BCUT2D eigenvalue weighted by Crippen LogP contribution is -2.66. The second-order valence-electron chi connectivity index (χ2n) is 10.3. The predicted molar refractivity (Wildman–Crippen MR) is 175 cm³/mol. The summed E-state index contributed by atoms with van der Waals surface area (Å²) in [5, 5.41) is 12.9. The Morgan fingerprint density at radius 3 is 2.04 bits per heavy atom. The van der Waals surface area contributed by atoms with Crippen molar-refractivity contribution in [1.29, 1.82) is 0 Å². The van der Waals surface area contributed by atoms with Gasteiger partial charge in [0, 0.05) is 23.9 Å². The van der Waals surface area contributed by atoms with Gasteiger partial charge in [0.2, 0.25) is 11.4 Å². The number of hydrogen-bond donors (Lipinski definition) is 3. The maximum atomic E-state index is 14.9. The summed E-state index contributed by atoms with van der Waals surface area (Å²) >= 11 is 0. The van der Waals surface area contributed by atoms with E-state index in [0.29, 0.717) is 28.8 Å². The zero-order valence-electron chi connectivity index (χ0n) is 25.7. The van der Waals surface area contributed by atoms with Crippen LogP contribution in [0.1, 0.15) is 5.56 Å². The number of carbonyl (C=O) groups excluding carboxylic acids is 4. The minimum Gasteiger partial charge on any atom is -0.496 e. The molecule has 12 heteroatoms. The van der Waals surface area contributed by atoms with Gasteiger partial charge in [0.25, 0.3) is 5.91 Å². The third-order valence-corrected chi connectivity index (χ3v) is 7.50. The van der Waals surface area contributed by atoms with Crippen LogP contribution in [0, 0.1) is 0 Å². The summed E-state index contributed by atoms with van der Waals surface area (Å²) in [5.74, 6) is -2.83. The minimum atomic E-state index is -2.63. The molecule has 0 aliphatic heterocycles. The van der Waals surface area contributed by atoms with E-state index in [1.165, 1.54) is 43.3 Å². The Balaban J connectivity index is 1.97. The van der Waals surface area contributed by atoms with Crippen LogP contribution in [0.3, 0.4) is 0 Å². The first-order chi connectivity index (χ1) is 22.6. The van der Waals surface area contributed by atoms with Crippen LogP contribution in [0.25, 0.3) is 11.1 Å². The molecule has 0 spiro atoms. The number of ether oxygens (including phenoxy) is 2. The second-order valence-corrected chi connectivity index (χ2v) is 10.3. The highest BCUT2D eigenvalue weighted by molar-refractivity contribution is 6.09. The molecule has 242 valence electrons. The fraction of sp³-hybridized carbons (Fsp3) is 0.171. The maximum absolute atomic E-state index is 14.9. The normalized spacial score (nSPS) is 12.6. The van der Waals surface area contributed by atoms with Gasteiger partial charge >= 0.3 is 12.0 Å². The average Bonchev–Trinajstić information content (AvgIpc) is 3.10. The molecule has 0 fully saturated rings. The van der Waals surface area contributed by atoms with E-state index in [4.69, 9.17) is 15.2 Å².